The van der Waals surface area contributed by atoms with Crippen molar-refractivity contribution in [2.75, 3.05) is 7.11 Å². The number of amides is 1. The predicted octanol–water partition coefficient (Wildman–Crippen LogP) is 5.54. The van der Waals surface area contributed by atoms with Gasteiger partial charge in [0.05, 0.1) is 31.2 Å². The number of pyridine rings is 1. The van der Waals surface area contributed by atoms with E-state index in [2.05, 4.69) is 16.4 Å². The lowest BCUT2D eigenvalue weighted by Crippen LogP contribution is -2.29. The molecule has 0 aliphatic heterocycles. The minimum Gasteiger partial charge on any atom is -0.497 e. The Bertz CT molecular complexity index is 1730. The van der Waals surface area contributed by atoms with Crippen LogP contribution in [0.5, 0.6) is 5.75 Å². The van der Waals surface area contributed by atoms with Gasteiger partial charge in [-0.15, -0.1) is 0 Å². The number of nitrogens with one attached hydrogen (secondary N) is 1. The van der Waals surface area contributed by atoms with E-state index in [0.717, 1.165) is 44.9 Å². The Kier molecular flexibility index (Phi) is 8.15. The highest BCUT2D eigenvalue weighted by Crippen LogP contribution is 2.19. The Morgan fingerprint density at radius 2 is 1.59 bits per heavy atom. The summed E-state index contributed by atoms with van der Waals surface area (Å²) >= 11 is 0. The average Bonchev–Trinajstić information content (AvgIpc) is 3.41. The summed E-state index contributed by atoms with van der Waals surface area (Å²) in [6.07, 6.45) is 5.86. The van der Waals surface area contributed by atoms with Gasteiger partial charge in [-0.3, -0.25) is 9.59 Å². The van der Waals surface area contributed by atoms with Crippen LogP contribution in [0.2, 0.25) is 0 Å². The molecule has 1 amide bonds. The van der Waals surface area contributed by atoms with Gasteiger partial charge in [0.25, 0.3) is 11.5 Å². The molecular formula is C34H34N4O3. The lowest BCUT2D eigenvalue weighted by Gasteiger charge is -2.14. The first-order valence-electron chi connectivity index (χ1n) is 13.6. The third-order valence-electron chi connectivity index (χ3n) is 7.15. The number of imidazole rings is 1. The zero-order chi connectivity index (χ0) is 28.9. The zero-order valence-corrected chi connectivity index (χ0v) is 23.8. The Morgan fingerprint density at radius 3 is 2.24 bits per heavy atom. The van der Waals surface area contributed by atoms with Gasteiger partial charge < -0.3 is 19.2 Å². The highest BCUT2D eigenvalue weighted by atomic mass is 16.5. The normalized spacial score (nSPS) is 10.9. The summed E-state index contributed by atoms with van der Waals surface area (Å²) in [6.45, 7) is 6.78. The second kappa shape index (κ2) is 12.1. The molecule has 0 bridgehead atoms. The third-order valence-corrected chi connectivity index (χ3v) is 7.15. The quantitative estimate of drug-likeness (QED) is 0.264. The molecular weight excluding hydrogens is 512 g/mol. The fourth-order valence-corrected chi connectivity index (χ4v) is 4.87. The molecule has 208 valence electrons. The van der Waals surface area contributed by atoms with E-state index in [4.69, 9.17) is 4.74 Å². The fourth-order valence-electron chi connectivity index (χ4n) is 4.87. The first-order chi connectivity index (χ1) is 19.8. The van der Waals surface area contributed by atoms with E-state index in [9.17, 15) is 9.59 Å². The Hall–Kier alpha value is -4.91. The highest BCUT2D eigenvalue weighted by molar-refractivity contribution is 5.94. The van der Waals surface area contributed by atoms with E-state index in [-0.39, 0.29) is 11.5 Å². The minimum atomic E-state index is -0.235. The maximum absolute atomic E-state index is 13.6. The number of carbonyl (C=O) groups is 1. The van der Waals surface area contributed by atoms with E-state index in [1.807, 2.05) is 92.2 Å². The number of nitrogens with zero attached hydrogens (tertiary/aromatic N) is 3. The maximum atomic E-state index is 13.6. The number of methoxy groups -OCH3 is 1. The molecule has 2 aromatic heterocycles. The van der Waals surface area contributed by atoms with Crippen LogP contribution in [0.15, 0.2) is 96.3 Å². The second-order valence-corrected chi connectivity index (χ2v) is 10.4. The Labute approximate surface area is 240 Å². The van der Waals surface area contributed by atoms with Crippen molar-refractivity contribution in [3.63, 3.8) is 0 Å². The van der Waals surface area contributed by atoms with Gasteiger partial charge in [-0.2, -0.15) is 0 Å². The maximum Gasteiger partial charge on any atom is 0.254 e. The van der Waals surface area contributed by atoms with Gasteiger partial charge in [-0.05, 0) is 67.3 Å². The van der Waals surface area contributed by atoms with Crippen LogP contribution in [0.3, 0.4) is 0 Å². The Morgan fingerprint density at radius 1 is 0.878 bits per heavy atom. The van der Waals surface area contributed by atoms with Crippen molar-refractivity contribution in [1.82, 2.24) is 19.4 Å². The van der Waals surface area contributed by atoms with Crippen molar-refractivity contribution in [3.8, 4) is 11.4 Å². The van der Waals surface area contributed by atoms with Crippen LogP contribution in [-0.4, -0.2) is 27.1 Å². The van der Waals surface area contributed by atoms with E-state index < -0.39 is 0 Å². The molecule has 41 heavy (non-hydrogen) atoms. The van der Waals surface area contributed by atoms with Crippen molar-refractivity contribution in [2.45, 2.75) is 40.3 Å². The molecule has 7 nitrogen and oxygen atoms in total. The molecule has 3 aromatic carbocycles. The van der Waals surface area contributed by atoms with Crippen molar-refractivity contribution < 1.29 is 9.53 Å². The molecule has 1 N–H and O–H groups in total. The number of aryl methyl sites for hydroxylation is 3. The van der Waals surface area contributed by atoms with E-state index in [1.54, 1.807) is 30.3 Å². The van der Waals surface area contributed by atoms with Crippen LogP contribution in [0.25, 0.3) is 5.69 Å². The topological polar surface area (TPSA) is 78.2 Å². The number of carbonyl (C=O) groups excluding carboxylic acids is 1. The minimum absolute atomic E-state index is 0.107. The summed E-state index contributed by atoms with van der Waals surface area (Å²) in [5, 5.41) is 2.99. The van der Waals surface area contributed by atoms with Crippen molar-refractivity contribution >= 4 is 5.91 Å². The molecule has 5 rings (SSSR count). The molecule has 0 aliphatic carbocycles. The fraction of sp³-hybridized carbons (Fsp3) is 0.206. The Balaban J connectivity index is 1.44. The molecule has 0 radical (unpaired) electrons. The molecule has 0 aliphatic rings. The molecule has 7 heteroatoms. The van der Waals surface area contributed by atoms with Crippen molar-refractivity contribution in [2.24, 2.45) is 0 Å². The molecule has 0 fully saturated rings. The SMILES string of the molecule is COc1ccc(CNC(=O)c2cc(Cc3ccc(-n4cnc(C)c4)c(C)c3)c(=O)n(Cc3ccc(C)cc3)c2)cc1. The van der Waals surface area contributed by atoms with Crippen LogP contribution in [0.1, 0.15) is 49.4 Å². The zero-order valence-electron chi connectivity index (χ0n) is 23.8. The molecule has 2 heterocycles. The van der Waals surface area contributed by atoms with Crippen molar-refractivity contribution in [3.05, 3.63) is 147 Å². The smallest absolute Gasteiger partial charge is 0.254 e. The predicted molar refractivity (Wildman–Crippen MR) is 161 cm³/mol. The summed E-state index contributed by atoms with van der Waals surface area (Å²) < 4.78 is 8.85. The molecule has 5 aromatic rings. The number of hydrogen-bond acceptors (Lipinski definition) is 4. The number of aromatic nitrogens is 3. The van der Waals surface area contributed by atoms with Crippen LogP contribution >= 0.6 is 0 Å². The summed E-state index contributed by atoms with van der Waals surface area (Å²) in [4.78, 5) is 31.3. The number of hydrogen-bond donors (Lipinski definition) is 1. The van der Waals surface area contributed by atoms with Crippen LogP contribution < -0.4 is 15.6 Å². The van der Waals surface area contributed by atoms with E-state index in [1.165, 1.54) is 0 Å². The van der Waals surface area contributed by atoms with Gasteiger partial charge in [0.2, 0.25) is 0 Å². The molecule has 0 saturated heterocycles. The molecule has 0 saturated carbocycles. The summed E-state index contributed by atoms with van der Waals surface area (Å²) in [5.41, 5.74) is 8.07. The lowest BCUT2D eigenvalue weighted by atomic mass is 10.0. The largest absolute Gasteiger partial charge is 0.497 e. The second-order valence-electron chi connectivity index (χ2n) is 10.4. The van der Waals surface area contributed by atoms with Crippen molar-refractivity contribution in [1.29, 1.82) is 0 Å². The monoisotopic (exact) mass is 546 g/mol. The van der Waals surface area contributed by atoms with E-state index in [0.29, 0.717) is 30.6 Å². The van der Waals surface area contributed by atoms with Crippen LogP contribution in [0, 0.1) is 20.8 Å². The number of rotatable bonds is 9. The van der Waals surface area contributed by atoms with Gasteiger partial charge in [-0.25, -0.2) is 4.98 Å². The molecule has 0 unspecified atom stereocenters. The first-order valence-corrected chi connectivity index (χ1v) is 13.6. The first kappa shape index (κ1) is 27.6. The summed E-state index contributed by atoms with van der Waals surface area (Å²) in [7, 11) is 1.62. The number of ether oxygens (including phenoxy) is 1. The van der Waals surface area contributed by atoms with Crippen LogP contribution in [0.4, 0.5) is 0 Å². The van der Waals surface area contributed by atoms with Crippen LogP contribution in [-0.2, 0) is 19.5 Å². The highest BCUT2D eigenvalue weighted by Gasteiger charge is 2.14. The third kappa shape index (κ3) is 6.64. The van der Waals surface area contributed by atoms with Gasteiger partial charge in [0.15, 0.2) is 0 Å². The van der Waals surface area contributed by atoms with E-state index >= 15 is 0 Å². The standard InChI is InChI=1S/C34H34N4O3/c1-23-5-7-27(8-6-23)20-37-21-30(33(39)35-18-26-9-12-31(41-4)13-10-26)17-29(34(37)40)16-28-11-14-32(24(2)15-28)38-19-25(3)36-22-38/h5-15,17,19,21-22H,16,18,20H2,1-4H3,(H,35,39). The molecule has 0 atom stereocenters. The summed E-state index contributed by atoms with van der Waals surface area (Å²) in [5.74, 6) is 0.526. The van der Waals surface area contributed by atoms with Gasteiger partial charge >= 0.3 is 0 Å². The summed E-state index contributed by atoms with van der Waals surface area (Å²) in [6, 6.07) is 23.5. The molecule has 0 spiro atoms. The lowest BCUT2D eigenvalue weighted by molar-refractivity contribution is 0.0950. The number of benzene rings is 3. The van der Waals surface area contributed by atoms with Gasteiger partial charge in [-0.1, -0.05) is 54.1 Å². The average molecular weight is 547 g/mol. The van der Waals surface area contributed by atoms with Gasteiger partial charge in [0, 0.05) is 36.6 Å². The van der Waals surface area contributed by atoms with Gasteiger partial charge in [0.1, 0.15) is 5.75 Å².